The second-order valence-corrected chi connectivity index (χ2v) is 17.8. The van der Waals surface area contributed by atoms with Gasteiger partial charge in [-0.05, 0) is 149 Å². The summed E-state index contributed by atoms with van der Waals surface area (Å²) in [4.78, 5) is 35.9. The number of nitrogens with one attached hydrogen (secondary N) is 1. The Labute approximate surface area is 311 Å². The number of aliphatic carboxylic acids is 1. The van der Waals surface area contributed by atoms with E-state index in [1.165, 1.54) is 96.3 Å². The van der Waals surface area contributed by atoms with Crippen molar-refractivity contribution in [2.75, 3.05) is 6.54 Å². The molecular weight excluding hydrogens is 634 g/mol. The van der Waals surface area contributed by atoms with Crippen molar-refractivity contribution < 1.29 is 24.2 Å². The number of hydrogen-bond donors (Lipinski definition) is 2. The first-order valence-electron chi connectivity index (χ1n) is 21.6. The highest BCUT2D eigenvalue weighted by Gasteiger charge is 2.60. The number of carboxylic acids is 1. The summed E-state index contributed by atoms with van der Waals surface area (Å²) in [6.07, 6.45) is 36.8. The van der Waals surface area contributed by atoms with Crippen LogP contribution in [-0.2, 0) is 19.1 Å². The van der Waals surface area contributed by atoms with Gasteiger partial charge in [0.05, 0.1) is 0 Å². The van der Waals surface area contributed by atoms with Gasteiger partial charge in [-0.25, -0.2) is 0 Å². The first-order valence-corrected chi connectivity index (χ1v) is 21.6. The van der Waals surface area contributed by atoms with E-state index in [4.69, 9.17) is 9.84 Å². The molecule has 6 nitrogen and oxygen atoms in total. The highest BCUT2D eigenvalue weighted by Crippen LogP contribution is 2.68. The number of amides is 1. The normalized spacial score (nSPS) is 32.3. The lowest BCUT2D eigenvalue weighted by atomic mass is 9.44. The highest BCUT2D eigenvalue weighted by atomic mass is 16.5. The van der Waals surface area contributed by atoms with E-state index in [0.717, 1.165) is 62.7 Å². The molecule has 4 rings (SSSR count). The Morgan fingerprint density at radius 1 is 0.784 bits per heavy atom. The minimum Gasteiger partial charge on any atom is -0.480 e. The predicted molar refractivity (Wildman–Crippen MR) is 208 cm³/mol. The molecule has 0 aromatic carbocycles. The van der Waals surface area contributed by atoms with Crippen LogP contribution in [0.15, 0.2) is 24.3 Å². The number of fused-ring (bicyclic) bond motifs is 5. The Bertz CT molecular complexity index is 1150. The SMILES string of the molecule is CCCCCC/C=C\C/C=C\CCCCCCCC(=O)OC1CCC2(C)C(CCC3C2CCC2(C)C(C(C)CCC(=O)NCC(=O)O)CCC32)C1. The number of carbonyl (C=O) groups excluding carboxylic acids is 2. The lowest BCUT2D eigenvalue weighted by Gasteiger charge is -2.61. The van der Waals surface area contributed by atoms with E-state index in [9.17, 15) is 14.4 Å². The van der Waals surface area contributed by atoms with Crippen LogP contribution in [-0.4, -0.2) is 35.6 Å². The van der Waals surface area contributed by atoms with E-state index in [2.05, 4.69) is 57.3 Å². The topological polar surface area (TPSA) is 92.7 Å². The molecule has 0 aromatic rings. The van der Waals surface area contributed by atoms with E-state index in [-0.39, 0.29) is 24.5 Å². The minimum absolute atomic E-state index is 0.0255. The molecule has 4 fully saturated rings. The third kappa shape index (κ3) is 11.9. The van der Waals surface area contributed by atoms with Gasteiger partial charge in [-0.15, -0.1) is 0 Å². The van der Waals surface area contributed by atoms with Crippen LogP contribution in [0, 0.1) is 46.3 Å². The number of unbranched alkanes of at least 4 members (excludes halogenated alkanes) is 9. The molecule has 6 heteroatoms. The number of carboxylic acid groups (broad SMARTS) is 1. The molecule has 2 N–H and O–H groups in total. The molecule has 51 heavy (non-hydrogen) atoms. The van der Waals surface area contributed by atoms with Gasteiger partial charge in [-0.1, -0.05) is 90.5 Å². The van der Waals surface area contributed by atoms with Crippen molar-refractivity contribution in [1.29, 1.82) is 0 Å². The molecule has 0 aliphatic heterocycles. The fourth-order valence-corrected chi connectivity index (χ4v) is 11.6. The summed E-state index contributed by atoms with van der Waals surface area (Å²) in [7, 11) is 0. The van der Waals surface area contributed by atoms with E-state index in [1.807, 2.05) is 0 Å². The Morgan fingerprint density at radius 2 is 1.45 bits per heavy atom. The first kappa shape index (κ1) is 41.6. The highest BCUT2D eigenvalue weighted by molar-refractivity contribution is 5.81. The van der Waals surface area contributed by atoms with Crippen LogP contribution in [0.1, 0.15) is 182 Å². The van der Waals surface area contributed by atoms with Crippen LogP contribution in [0.5, 0.6) is 0 Å². The summed E-state index contributed by atoms with van der Waals surface area (Å²) in [5.74, 6) is 3.01. The molecule has 0 radical (unpaired) electrons. The fraction of sp³-hybridized carbons (Fsp3) is 0.844. The van der Waals surface area contributed by atoms with Crippen molar-refractivity contribution in [3.8, 4) is 0 Å². The average molecular weight is 710 g/mol. The summed E-state index contributed by atoms with van der Waals surface area (Å²) < 4.78 is 6.13. The summed E-state index contributed by atoms with van der Waals surface area (Å²) in [6.45, 7) is 9.44. The van der Waals surface area contributed by atoms with Crippen molar-refractivity contribution in [2.24, 2.45) is 46.3 Å². The minimum atomic E-state index is -0.991. The Morgan fingerprint density at radius 3 is 2.18 bits per heavy atom. The van der Waals surface area contributed by atoms with Crippen LogP contribution < -0.4 is 5.32 Å². The van der Waals surface area contributed by atoms with Gasteiger partial charge in [-0.3, -0.25) is 14.4 Å². The number of esters is 1. The summed E-state index contributed by atoms with van der Waals surface area (Å²) >= 11 is 0. The second kappa shape index (κ2) is 21.0. The van der Waals surface area contributed by atoms with Gasteiger partial charge < -0.3 is 15.2 Å². The molecular formula is C45H75NO5. The predicted octanol–water partition coefficient (Wildman–Crippen LogP) is 11.4. The van der Waals surface area contributed by atoms with Gasteiger partial charge in [0.25, 0.3) is 0 Å². The zero-order valence-electron chi connectivity index (χ0n) is 33.1. The smallest absolute Gasteiger partial charge is 0.322 e. The third-order valence-electron chi connectivity index (χ3n) is 14.5. The molecule has 9 atom stereocenters. The molecule has 4 saturated carbocycles. The molecule has 1 amide bonds. The largest absolute Gasteiger partial charge is 0.480 e. The first-order chi connectivity index (χ1) is 24.6. The van der Waals surface area contributed by atoms with Gasteiger partial charge in [-0.2, -0.15) is 0 Å². The van der Waals surface area contributed by atoms with Crippen LogP contribution >= 0.6 is 0 Å². The molecule has 0 saturated heterocycles. The summed E-state index contributed by atoms with van der Waals surface area (Å²) in [6, 6.07) is 0. The maximum Gasteiger partial charge on any atom is 0.322 e. The van der Waals surface area contributed by atoms with Crippen LogP contribution in [0.2, 0.25) is 0 Å². The van der Waals surface area contributed by atoms with Gasteiger partial charge >= 0.3 is 11.9 Å². The molecule has 4 aliphatic carbocycles. The van der Waals surface area contributed by atoms with E-state index < -0.39 is 5.97 Å². The molecule has 0 heterocycles. The standard InChI is InChI=1S/C45H75NO5/c1-5-6-7-8-9-10-11-12-13-14-15-16-17-18-19-20-21-43(50)51-36-28-30-44(3)35(32-36)23-24-37-39-26-25-38(45(39,4)31-29-40(37)44)34(2)22-27-41(47)46-33-42(48)49/h10-11,13-14,34-40H,5-9,12,15-33H2,1-4H3,(H,46,47)(H,48,49)/b11-10-,14-13-. The van der Waals surface area contributed by atoms with Crippen molar-refractivity contribution in [3.63, 3.8) is 0 Å². The summed E-state index contributed by atoms with van der Waals surface area (Å²) in [5.41, 5.74) is 0.703. The number of ether oxygens (including phenoxy) is 1. The van der Waals surface area contributed by atoms with E-state index >= 15 is 0 Å². The zero-order valence-corrected chi connectivity index (χ0v) is 33.1. The zero-order chi connectivity index (χ0) is 36.7. The molecule has 4 aliphatic rings. The number of carbonyl (C=O) groups is 3. The molecule has 0 aromatic heterocycles. The van der Waals surface area contributed by atoms with E-state index in [1.54, 1.807) is 0 Å². The van der Waals surface area contributed by atoms with Crippen LogP contribution in [0.25, 0.3) is 0 Å². The monoisotopic (exact) mass is 710 g/mol. The van der Waals surface area contributed by atoms with Crippen molar-refractivity contribution >= 4 is 17.8 Å². The van der Waals surface area contributed by atoms with Gasteiger partial charge in [0.1, 0.15) is 12.6 Å². The molecule has 9 unspecified atom stereocenters. The quantitative estimate of drug-likeness (QED) is 0.0663. The fourth-order valence-electron chi connectivity index (χ4n) is 11.6. The maximum absolute atomic E-state index is 12.8. The van der Waals surface area contributed by atoms with Gasteiger partial charge in [0.15, 0.2) is 0 Å². The Balaban J connectivity index is 1.10. The van der Waals surface area contributed by atoms with Crippen molar-refractivity contribution in [2.45, 2.75) is 188 Å². The second-order valence-electron chi connectivity index (χ2n) is 17.8. The lowest BCUT2D eigenvalue weighted by molar-refractivity contribution is -0.162. The summed E-state index contributed by atoms with van der Waals surface area (Å²) in [5, 5.41) is 11.4. The van der Waals surface area contributed by atoms with Gasteiger partial charge in [0.2, 0.25) is 5.91 Å². The maximum atomic E-state index is 12.8. The Kier molecular flexibility index (Phi) is 17.1. The van der Waals surface area contributed by atoms with Crippen LogP contribution in [0.3, 0.4) is 0 Å². The Hall–Kier alpha value is -2.11. The average Bonchev–Trinajstić information content (AvgIpc) is 3.47. The van der Waals surface area contributed by atoms with Crippen molar-refractivity contribution in [1.82, 2.24) is 5.32 Å². The number of hydrogen-bond acceptors (Lipinski definition) is 4. The molecule has 290 valence electrons. The third-order valence-corrected chi connectivity index (χ3v) is 14.5. The van der Waals surface area contributed by atoms with E-state index in [0.29, 0.717) is 41.4 Å². The van der Waals surface area contributed by atoms with Crippen molar-refractivity contribution in [3.05, 3.63) is 24.3 Å². The number of allylic oxidation sites excluding steroid dienone is 4. The number of rotatable bonds is 22. The lowest BCUT2D eigenvalue weighted by Crippen LogP contribution is -2.54. The van der Waals surface area contributed by atoms with Gasteiger partial charge in [0, 0.05) is 12.8 Å². The van der Waals surface area contributed by atoms with Crippen LogP contribution in [0.4, 0.5) is 0 Å². The molecule has 0 bridgehead atoms. The molecule has 0 spiro atoms.